The Bertz CT molecular complexity index is 810. The molecule has 226 valence electrons. The first-order valence-electron chi connectivity index (χ1n) is 15.3. The van der Waals surface area contributed by atoms with E-state index in [2.05, 4.69) is 28.2 Å². The molecule has 5 fully saturated rings. The minimum absolute atomic E-state index is 0.0476. The molecule has 11 unspecified atom stereocenters. The van der Waals surface area contributed by atoms with Crippen molar-refractivity contribution in [2.45, 2.75) is 107 Å². The minimum atomic E-state index is -4.54. The molecule has 5 saturated heterocycles. The van der Waals surface area contributed by atoms with E-state index in [0.717, 1.165) is 58.2 Å². The van der Waals surface area contributed by atoms with Crippen LogP contribution in [-0.4, -0.2) is 86.6 Å². The summed E-state index contributed by atoms with van der Waals surface area (Å²) in [6.07, 6.45) is 1.62. The number of halogens is 5. The van der Waals surface area contributed by atoms with Gasteiger partial charge in [0.05, 0.1) is 11.5 Å². The van der Waals surface area contributed by atoms with Crippen molar-refractivity contribution in [3.63, 3.8) is 0 Å². The highest BCUT2D eigenvalue weighted by Gasteiger charge is 2.66. The fourth-order valence-electron chi connectivity index (χ4n) is 9.07. The van der Waals surface area contributed by atoms with Crippen LogP contribution >= 0.6 is 11.6 Å². The third-order valence-corrected chi connectivity index (χ3v) is 11.2. The molecule has 0 aromatic heterocycles. The van der Waals surface area contributed by atoms with Gasteiger partial charge in [0.25, 0.3) is 0 Å². The average molecular weight is 582 g/mol. The molecule has 0 aromatic carbocycles. The van der Waals surface area contributed by atoms with E-state index in [-0.39, 0.29) is 42.8 Å². The third kappa shape index (κ3) is 5.87. The van der Waals surface area contributed by atoms with Crippen LogP contribution in [0.5, 0.6) is 0 Å². The van der Waals surface area contributed by atoms with Crippen LogP contribution in [0.1, 0.15) is 64.7 Å². The first-order valence-corrected chi connectivity index (χ1v) is 15.7. The molecule has 5 aliphatic rings. The highest BCUT2D eigenvalue weighted by Crippen LogP contribution is 2.57. The maximum atomic E-state index is 18.9. The highest BCUT2D eigenvalue weighted by molar-refractivity contribution is 6.20. The molecule has 5 heterocycles. The fourth-order valence-corrected chi connectivity index (χ4v) is 9.46. The Kier molecular flexibility index (Phi) is 9.74. The number of ether oxygens (including phenoxy) is 1. The van der Waals surface area contributed by atoms with Crippen molar-refractivity contribution in [3.8, 4) is 0 Å². The molecule has 4 N–H and O–H groups in total. The van der Waals surface area contributed by atoms with Crippen LogP contribution < -0.4 is 21.3 Å². The van der Waals surface area contributed by atoms with Crippen LogP contribution in [0.15, 0.2) is 0 Å². The Labute approximate surface area is 236 Å². The molecule has 0 bridgehead atoms. The van der Waals surface area contributed by atoms with Crippen LogP contribution in [-0.2, 0) is 4.74 Å². The Morgan fingerprint density at radius 1 is 0.821 bits per heavy atom. The lowest BCUT2D eigenvalue weighted by Gasteiger charge is -2.62. The van der Waals surface area contributed by atoms with Gasteiger partial charge in [-0.25, -0.2) is 4.39 Å². The lowest BCUT2D eigenvalue weighted by Crippen LogP contribution is -2.74. The summed E-state index contributed by atoms with van der Waals surface area (Å²) in [7, 11) is 1.61. The number of likely N-dealkylation sites (tertiary alicyclic amines) is 1. The Morgan fingerprint density at radius 2 is 1.46 bits per heavy atom. The summed E-state index contributed by atoms with van der Waals surface area (Å²) in [5, 5.41) is 13.0. The molecule has 0 amide bonds. The van der Waals surface area contributed by atoms with E-state index in [4.69, 9.17) is 16.3 Å². The van der Waals surface area contributed by atoms with Gasteiger partial charge in [-0.15, -0.1) is 11.6 Å². The molecule has 11 atom stereocenters. The van der Waals surface area contributed by atoms with Gasteiger partial charge in [-0.3, -0.25) is 10.2 Å². The molecule has 0 radical (unpaired) electrons. The van der Waals surface area contributed by atoms with Crippen LogP contribution in [0.3, 0.4) is 0 Å². The number of hydrogen-bond acceptors (Lipinski definition) is 6. The first-order chi connectivity index (χ1) is 18.7. The predicted molar refractivity (Wildman–Crippen MR) is 145 cm³/mol. The quantitative estimate of drug-likeness (QED) is 0.222. The summed E-state index contributed by atoms with van der Waals surface area (Å²) < 4.78 is 68.7. The lowest BCUT2D eigenvalue weighted by atomic mass is 9.58. The van der Waals surface area contributed by atoms with Crippen molar-refractivity contribution >= 4 is 11.6 Å². The van der Waals surface area contributed by atoms with E-state index in [1.165, 1.54) is 0 Å². The Balaban J connectivity index is 1.64. The number of nitrogens with zero attached hydrogens (tertiary/aromatic N) is 1. The van der Waals surface area contributed by atoms with Gasteiger partial charge in [0, 0.05) is 31.5 Å². The van der Waals surface area contributed by atoms with Crippen LogP contribution in [0.4, 0.5) is 17.6 Å². The average Bonchev–Trinajstić information content (AvgIpc) is 2.93. The fraction of sp³-hybridized carbons (Fsp3) is 1.00. The number of methoxy groups -OCH3 is 1. The maximum absolute atomic E-state index is 18.9. The van der Waals surface area contributed by atoms with Gasteiger partial charge < -0.3 is 20.7 Å². The van der Waals surface area contributed by atoms with Crippen molar-refractivity contribution in [1.29, 1.82) is 0 Å². The number of rotatable bonds is 5. The Hall–Kier alpha value is -0.230. The summed E-state index contributed by atoms with van der Waals surface area (Å²) in [6, 6.07) is -2.02. The van der Waals surface area contributed by atoms with Gasteiger partial charge >= 0.3 is 6.18 Å². The van der Waals surface area contributed by atoms with Gasteiger partial charge in [0.1, 0.15) is 12.3 Å². The SMILES string of the molecule is COC1NCCCC1N1CCC(C2CCCNC2C)C(C2CCCNC2Cl)C1(F)C1CCCNC1C(F)(F)F. The molecule has 11 heteroatoms. The largest absolute Gasteiger partial charge is 0.404 e. The molecular formula is C28H48ClF4N5O. The van der Waals surface area contributed by atoms with E-state index in [9.17, 15) is 13.2 Å². The first kappa shape index (κ1) is 30.2. The number of piperidine rings is 5. The van der Waals surface area contributed by atoms with E-state index in [1.807, 2.05) is 4.90 Å². The van der Waals surface area contributed by atoms with Gasteiger partial charge in [-0.2, -0.15) is 13.2 Å². The van der Waals surface area contributed by atoms with Gasteiger partial charge in [-0.05, 0) is 109 Å². The maximum Gasteiger partial charge on any atom is 0.404 e. The zero-order chi connectivity index (χ0) is 27.8. The second-order valence-electron chi connectivity index (χ2n) is 12.7. The molecule has 5 rings (SSSR count). The highest BCUT2D eigenvalue weighted by atomic mass is 35.5. The van der Waals surface area contributed by atoms with Crippen molar-refractivity contribution in [2.24, 2.45) is 29.6 Å². The smallest absolute Gasteiger partial charge is 0.365 e. The molecule has 5 aliphatic heterocycles. The van der Waals surface area contributed by atoms with Crippen LogP contribution in [0.2, 0.25) is 0 Å². The number of hydrogen-bond donors (Lipinski definition) is 4. The van der Waals surface area contributed by atoms with Gasteiger partial charge in [0.2, 0.25) is 0 Å². The normalized spacial score (nSPS) is 47.2. The summed E-state index contributed by atoms with van der Waals surface area (Å²) in [5.41, 5.74) is -0.461. The van der Waals surface area contributed by atoms with Crippen molar-refractivity contribution in [1.82, 2.24) is 26.2 Å². The number of nitrogens with one attached hydrogen (secondary N) is 4. The minimum Gasteiger partial charge on any atom is -0.365 e. The van der Waals surface area contributed by atoms with Crippen molar-refractivity contribution in [2.75, 3.05) is 39.8 Å². The second kappa shape index (κ2) is 12.6. The van der Waals surface area contributed by atoms with E-state index < -0.39 is 41.6 Å². The topological polar surface area (TPSA) is 60.6 Å². The zero-order valence-electron chi connectivity index (χ0n) is 23.4. The van der Waals surface area contributed by atoms with Gasteiger partial charge in [-0.1, -0.05) is 0 Å². The van der Waals surface area contributed by atoms with Crippen molar-refractivity contribution in [3.05, 3.63) is 0 Å². The van der Waals surface area contributed by atoms with Crippen LogP contribution in [0.25, 0.3) is 0 Å². The Morgan fingerprint density at radius 3 is 2.15 bits per heavy atom. The van der Waals surface area contributed by atoms with Gasteiger partial charge in [0.15, 0.2) is 5.79 Å². The summed E-state index contributed by atoms with van der Waals surface area (Å²) in [6.45, 7) is 5.28. The van der Waals surface area contributed by atoms with E-state index in [0.29, 0.717) is 19.4 Å². The van der Waals surface area contributed by atoms with E-state index >= 15 is 4.39 Å². The third-order valence-electron chi connectivity index (χ3n) is 10.7. The molecule has 39 heavy (non-hydrogen) atoms. The molecule has 6 nitrogen and oxygen atoms in total. The summed E-state index contributed by atoms with van der Waals surface area (Å²) in [5.74, 6) is -4.09. The standard InChI is InChI=1S/C28H48ClF4N5O/c1-17-18(7-3-12-34-17)19-11-16-38(22-10-6-15-37-26(22)39-2)27(30,23(19)20-8-4-14-36-25(20)29)21-9-5-13-35-24(21)28(31,32)33/h17-26,34-37H,3-16H2,1-2H3. The molecule has 0 aliphatic carbocycles. The number of alkyl halides is 5. The van der Waals surface area contributed by atoms with Crippen LogP contribution in [0, 0.1) is 29.6 Å². The molecular weight excluding hydrogens is 534 g/mol. The lowest BCUT2D eigenvalue weighted by molar-refractivity contribution is -0.263. The van der Waals surface area contributed by atoms with Crippen molar-refractivity contribution < 1.29 is 22.3 Å². The molecule has 0 spiro atoms. The zero-order valence-corrected chi connectivity index (χ0v) is 24.2. The summed E-state index contributed by atoms with van der Waals surface area (Å²) in [4.78, 5) is 1.84. The van der Waals surface area contributed by atoms with E-state index in [1.54, 1.807) is 7.11 Å². The second-order valence-corrected chi connectivity index (χ2v) is 13.1. The molecule has 0 aromatic rings. The predicted octanol–water partition coefficient (Wildman–Crippen LogP) is 4.20. The molecule has 0 saturated carbocycles. The summed E-state index contributed by atoms with van der Waals surface area (Å²) >= 11 is 6.95. The monoisotopic (exact) mass is 581 g/mol.